The van der Waals surface area contributed by atoms with Crippen molar-refractivity contribution in [2.75, 3.05) is 26.2 Å². The monoisotopic (exact) mass is 293 g/mol. The van der Waals surface area contributed by atoms with Crippen LogP contribution in [0.3, 0.4) is 0 Å². The highest BCUT2D eigenvalue weighted by atomic mass is 32.1. The summed E-state index contributed by atoms with van der Waals surface area (Å²) in [4.78, 5) is 8.14. The lowest BCUT2D eigenvalue weighted by Gasteiger charge is -2.32. The predicted octanol–water partition coefficient (Wildman–Crippen LogP) is 2.58. The zero-order valence-electron chi connectivity index (χ0n) is 12.6. The Kier molecular flexibility index (Phi) is 4.76. The largest absolute Gasteiger partial charge is 0.326 e. The number of piperidine rings is 1. The summed E-state index contributed by atoms with van der Waals surface area (Å²) >= 11 is 1.86. The van der Waals surface area contributed by atoms with Crippen LogP contribution in [-0.2, 0) is 13.1 Å². The van der Waals surface area contributed by atoms with Crippen molar-refractivity contribution in [3.8, 4) is 0 Å². The Hall–Kier alpha value is -0.420. The highest BCUT2D eigenvalue weighted by molar-refractivity contribution is 7.12. The van der Waals surface area contributed by atoms with Crippen molar-refractivity contribution in [2.24, 2.45) is 5.73 Å². The van der Waals surface area contributed by atoms with Crippen LogP contribution in [-0.4, -0.2) is 42.0 Å². The molecule has 2 N–H and O–H groups in total. The van der Waals surface area contributed by atoms with Crippen molar-refractivity contribution in [2.45, 2.75) is 51.7 Å². The first kappa shape index (κ1) is 14.5. The van der Waals surface area contributed by atoms with Gasteiger partial charge in [0, 0.05) is 42.0 Å². The fourth-order valence-corrected chi connectivity index (χ4v) is 4.56. The van der Waals surface area contributed by atoms with Gasteiger partial charge in [0.05, 0.1) is 0 Å². The van der Waals surface area contributed by atoms with Gasteiger partial charge in [-0.3, -0.25) is 9.80 Å². The van der Waals surface area contributed by atoms with Crippen LogP contribution in [0.15, 0.2) is 6.07 Å². The number of hydrogen-bond acceptors (Lipinski definition) is 4. The Morgan fingerprint density at radius 3 is 2.75 bits per heavy atom. The molecule has 1 unspecified atom stereocenters. The van der Waals surface area contributed by atoms with E-state index < -0.39 is 0 Å². The van der Waals surface area contributed by atoms with Gasteiger partial charge >= 0.3 is 0 Å². The highest BCUT2D eigenvalue weighted by Crippen LogP contribution is 2.26. The maximum atomic E-state index is 5.75. The van der Waals surface area contributed by atoms with Crippen LogP contribution in [0.25, 0.3) is 0 Å². The average molecular weight is 293 g/mol. The molecule has 0 radical (unpaired) electrons. The van der Waals surface area contributed by atoms with E-state index in [0.29, 0.717) is 6.54 Å². The Balaban J connectivity index is 1.55. The number of likely N-dealkylation sites (tertiary alicyclic amines) is 2. The molecule has 0 amide bonds. The molecule has 1 aromatic rings. The molecule has 112 valence electrons. The van der Waals surface area contributed by atoms with Crippen molar-refractivity contribution in [3.05, 3.63) is 21.4 Å². The molecule has 0 aromatic carbocycles. The van der Waals surface area contributed by atoms with Crippen molar-refractivity contribution < 1.29 is 0 Å². The lowest BCUT2D eigenvalue weighted by atomic mass is 10.1. The Labute approximate surface area is 126 Å². The van der Waals surface area contributed by atoms with Crippen molar-refractivity contribution >= 4 is 11.3 Å². The molecule has 2 saturated heterocycles. The van der Waals surface area contributed by atoms with Gasteiger partial charge < -0.3 is 5.73 Å². The normalized spacial score (nSPS) is 25.4. The second kappa shape index (κ2) is 6.56. The standard InChI is InChI=1S/C16H27N3S/c1-13-14(9-16(10-17)20-13)11-18-8-5-15(12-18)19-6-3-2-4-7-19/h9,15H,2-8,10-12,17H2,1H3. The number of aryl methyl sites for hydroxylation is 1. The molecule has 20 heavy (non-hydrogen) atoms. The van der Waals surface area contributed by atoms with Gasteiger partial charge in [0.15, 0.2) is 0 Å². The molecule has 3 nitrogen and oxygen atoms in total. The second-order valence-electron chi connectivity index (χ2n) is 6.27. The summed E-state index contributed by atoms with van der Waals surface area (Å²) in [6.07, 6.45) is 5.59. The number of hydrogen-bond donors (Lipinski definition) is 1. The van der Waals surface area contributed by atoms with E-state index in [-0.39, 0.29) is 0 Å². The third kappa shape index (κ3) is 3.25. The first-order valence-corrected chi connectivity index (χ1v) is 8.82. The lowest BCUT2D eigenvalue weighted by molar-refractivity contribution is 0.161. The maximum absolute atomic E-state index is 5.75. The Morgan fingerprint density at radius 1 is 1.25 bits per heavy atom. The molecule has 2 aliphatic heterocycles. The topological polar surface area (TPSA) is 32.5 Å². The molecule has 2 fully saturated rings. The van der Waals surface area contributed by atoms with E-state index in [4.69, 9.17) is 5.73 Å². The molecule has 4 heteroatoms. The van der Waals surface area contributed by atoms with Crippen LogP contribution in [0, 0.1) is 6.92 Å². The van der Waals surface area contributed by atoms with Crippen LogP contribution in [0.1, 0.15) is 41.0 Å². The SMILES string of the molecule is Cc1sc(CN)cc1CN1CCC(N2CCCCC2)C1. The van der Waals surface area contributed by atoms with Gasteiger partial charge in [-0.05, 0) is 50.9 Å². The molecule has 1 aromatic heterocycles. The van der Waals surface area contributed by atoms with Crippen molar-refractivity contribution in [3.63, 3.8) is 0 Å². The molecule has 3 rings (SSSR count). The van der Waals surface area contributed by atoms with Gasteiger partial charge in [-0.1, -0.05) is 6.42 Å². The third-order valence-electron chi connectivity index (χ3n) is 4.82. The van der Waals surface area contributed by atoms with Crippen molar-refractivity contribution in [1.29, 1.82) is 0 Å². The van der Waals surface area contributed by atoms with Crippen molar-refractivity contribution in [1.82, 2.24) is 9.80 Å². The fraction of sp³-hybridized carbons (Fsp3) is 0.750. The van der Waals surface area contributed by atoms with Gasteiger partial charge in [-0.15, -0.1) is 11.3 Å². The van der Waals surface area contributed by atoms with E-state index in [1.165, 1.54) is 67.2 Å². The lowest BCUT2D eigenvalue weighted by Crippen LogP contribution is -2.40. The molecule has 1 atom stereocenters. The summed E-state index contributed by atoms with van der Waals surface area (Å²) in [5, 5.41) is 0. The van der Waals surface area contributed by atoms with E-state index in [2.05, 4.69) is 22.8 Å². The summed E-state index contributed by atoms with van der Waals surface area (Å²) in [5.41, 5.74) is 7.25. The highest BCUT2D eigenvalue weighted by Gasteiger charge is 2.28. The molecule has 0 saturated carbocycles. The predicted molar refractivity (Wildman–Crippen MR) is 86.1 cm³/mol. The van der Waals surface area contributed by atoms with Crippen LogP contribution in [0.4, 0.5) is 0 Å². The van der Waals surface area contributed by atoms with Gasteiger partial charge in [0.2, 0.25) is 0 Å². The van der Waals surface area contributed by atoms with E-state index >= 15 is 0 Å². The first-order chi connectivity index (χ1) is 9.76. The number of thiophene rings is 1. The molecular weight excluding hydrogens is 266 g/mol. The third-order valence-corrected chi connectivity index (χ3v) is 5.94. The van der Waals surface area contributed by atoms with E-state index in [0.717, 1.165) is 12.6 Å². The summed E-state index contributed by atoms with van der Waals surface area (Å²) in [5.74, 6) is 0. The Bertz CT molecular complexity index is 437. The number of nitrogens with two attached hydrogens (primary N) is 1. The first-order valence-electron chi connectivity index (χ1n) is 8.01. The summed E-state index contributed by atoms with van der Waals surface area (Å²) in [7, 11) is 0. The van der Waals surface area contributed by atoms with E-state index in [1.54, 1.807) is 0 Å². The minimum absolute atomic E-state index is 0.682. The van der Waals surface area contributed by atoms with Crippen LogP contribution >= 0.6 is 11.3 Å². The fourth-order valence-electron chi connectivity index (χ4n) is 3.62. The van der Waals surface area contributed by atoms with Gasteiger partial charge in [0.25, 0.3) is 0 Å². The van der Waals surface area contributed by atoms with Gasteiger partial charge in [-0.25, -0.2) is 0 Å². The number of rotatable bonds is 4. The number of nitrogens with zero attached hydrogens (tertiary/aromatic N) is 2. The minimum Gasteiger partial charge on any atom is -0.326 e. The average Bonchev–Trinajstić information content (AvgIpc) is 3.08. The zero-order valence-corrected chi connectivity index (χ0v) is 13.4. The van der Waals surface area contributed by atoms with E-state index in [1.807, 2.05) is 11.3 Å². The second-order valence-corrected chi connectivity index (χ2v) is 7.61. The Morgan fingerprint density at radius 2 is 2.05 bits per heavy atom. The molecule has 3 heterocycles. The van der Waals surface area contributed by atoms with E-state index in [9.17, 15) is 0 Å². The molecule has 0 aliphatic carbocycles. The molecule has 2 aliphatic rings. The van der Waals surface area contributed by atoms with Gasteiger partial charge in [-0.2, -0.15) is 0 Å². The quantitative estimate of drug-likeness (QED) is 0.926. The molecule has 0 spiro atoms. The molecule has 0 bridgehead atoms. The van der Waals surface area contributed by atoms with Crippen LogP contribution < -0.4 is 5.73 Å². The summed E-state index contributed by atoms with van der Waals surface area (Å²) in [6.45, 7) is 9.20. The summed E-state index contributed by atoms with van der Waals surface area (Å²) in [6, 6.07) is 3.12. The maximum Gasteiger partial charge on any atom is 0.0274 e. The van der Waals surface area contributed by atoms with Crippen LogP contribution in [0.2, 0.25) is 0 Å². The zero-order chi connectivity index (χ0) is 13.9. The molecular formula is C16H27N3S. The van der Waals surface area contributed by atoms with Gasteiger partial charge in [0.1, 0.15) is 0 Å². The smallest absolute Gasteiger partial charge is 0.0274 e. The minimum atomic E-state index is 0.682. The summed E-state index contributed by atoms with van der Waals surface area (Å²) < 4.78 is 0. The van der Waals surface area contributed by atoms with Crippen LogP contribution in [0.5, 0.6) is 0 Å².